The lowest BCUT2D eigenvalue weighted by molar-refractivity contribution is -0.140. The maximum atomic E-state index is 13.5. The number of carbonyl (C=O) groups excluding carboxylic acids is 3. The Morgan fingerprint density at radius 1 is 0.976 bits per heavy atom. The van der Waals surface area contributed by atoms with Gasteiger partial charge in [-0.05, 0) is 67.5 Å². The fraction of sp³-hybridized carbons (Fsp3) is 0.484. The van der Waals surface area contributed by atoms with Gasteiger partial charge in [0.25, 0.3) is 0 Å². The number of fused-ring (bicyclic) bond motifs is 3. The molecule has 1 aliphatic carbocycles. The molecule has 1 aliphatic rings. The molecule has 0 bridgehead atoms. The van der Waals surface area contributed by atoms with Gasteiger partial charge in [-0.2, -0.15) is 0 Å². The van der Waals surface area contributed by atoms with E-state index in [1.807, 2.05) is 6.07 Å². The number of hydrogen-bond donors (Lipinski definition) is 3. The summed E-state index contributed by atoms with van der Waals surface area (Å²) in [6.07, 6.45) is 3.67. The van der Waals surface area contributed by atoms with E-state index in [9.17, 15) is 19.2 Å². The lowest BCUT2D eigenvalue weighted by Crippen LogP contribution is -2.38. The van der Waals surface area contributed by atoms with Crippen LogP contribution in [0.4, 0.5) is 5.69 Å². The third-order valence-corrected chi connectivity index (χ3v) is 7.27. The largest absolute Gasteiger partial charge is 0.493 e. The Morgan fingerprint density at radius 3 is 2.36 bits per heavy atom. The minimum absolute atomic E-state index is 0.216. The molecule has 0 unspecified atom stereocenters. The number of benzene rings is 1. The Hall–Kier alpha value is -4.28. The Kier molecular flexibility index (Phi) is 11.6. The minimum Gasteiger partial charge on any atom is -0.493 e. The molecule has 2 amide bonds. The van der Waals surface area contributed by atoms with Crippen molar-refractivity contribution < 1.29 is 33.3 Å². The molecule has 0 aromatic heterocycles. The molecule has 2 aromatic carbocycles. The van der Waals surface area contributed by atoms with E-state index in [1.54, 1.807) is 33.3 Å². The number of unbranched alkanes of at least 4 members (excludes halogenated alkanes) is 2. The van der Waals surface area contributed by atoms with Crippen LogP contribution in [-0.2, 0) is 25.5 Å². The van der Waals surface area contributed by atoms with Crippen molar-refractivity contribution in [3.63, 3.8) is 0 Å². The summed E-state index contributed by atoms with van der Waals surface area (Å²) in [5.41, 5.74) is 2.93. The number of rotatable bonds is 13. The molecule has 3 N–H and O–H groups in total. The zero-order valence-electron chi connectivity index (χ0n) is 25.2. The number of ether oxygens (including phenoxy) is 4. The quantitative estimate of drug-likeness (QED) is 0.239. The molecule has 11 nitrogen and oxygen atoms in total. The van der Waals surface area contributed by atoms with Gasteiger partial charge in [0.05, 0.1) is 40.2 Å². The third-order valence-electron chi connectivity index (χ3n) is 7.27. The first-order valence-electron chi connectivity index (χ1n) is 14.0. The summed E-state index contributed by atoms with van der Waals surface area (Å²) >= 11 is 0. The molecule has 11 heteroatoms. The molecule has 0 aliphatic heterocycles. The van der Waals surface area contributed by atoms with Crippen molar-refractivity contribution in [3.8, 4) is 28.4 Å². The molecule has 2 atom stereocenters. The summed E-state index contributed by atoms with van der Waals surface area (Å²) in [7, 11) is 5.99. The molecular formula is C31H41N3O8. The maximum absolute atomic E-state index is 13.5. The first-order valence-corrected chi connectivity index (χ1v) is 14.0. The van der Waals surface area contributed by atoms with Gasteiger partial charge in [-0.15, -0.1) is 0 Å². The van der Waals surface area contributed by atoms with Crippen LogP contribution < -0.4 is 35.6 Å². The average molecular weight is 584 g/mol. The summed E-state index contributed by atoms with van der Waals surface area (Å²) in [4.78, 5) is 49.6. The molecule has 0 saturated heterocycles. The van der Waals surface area contributed by atoms with Crippen LogP contribution in [0.1, 0.15) is 63.1 Å². The van der Waals surface area contributed by atoms with E-state index in [0.717, 1.165) is 24.0 Å². The second-order valence-electron chi connectivity index (χ2n) is 10.1. The highest BCUT2D eigenvalue weighted by molar-refractivity contribution is 5.85. The summed E-state index contributed by atoms with van der Waals surface area (Å²) < 4.78 is 21.6. The number of aryl methyl sites for hydroxylation is 1. The van der Waals surface area contributed by atoms with Gasteiger partial charge in [-0.3, -0.25) is 19.2 Å². The predicted octanol–water partition coefficient (Wildman–Crippen LogP) is 3.51. The SMILES string of the molecule is COC(=O)CCCCCNC(=O)[C@@H](C)Nc1ccc2c(cc1=O)[C@H](NC(C)=O)CCc1cc(OC)c(OC)c(OC)c1-2. The molecule has 0 radical (unpaired) electrons. The first-order chi connectivity index (χ1) is 20.1. The summed E-state index contributed by atoms with van der Waals surface area (Å²) in [5, 5.41) is 8.89. The summed E-state index contributed by atoms with van der Waals surface area (Å²) in [5.74, 6) is 0.683. The van der Waals surface area contributed by atoms with Crippen LogP contribution in [0.15, 0.2) is 29.1 Å². The second kappa shape index (κ2) is 15.1. The highest BCUT2D eigenvalue weighted by atomic mass is 16.5. The minimum atomic E-state index is -0.688. The van der Waals surface area contributed by atoms with E-state index in [-0.39, 0.29) is 28.9 Å². The Morgan fingerprint density at radius 2 is 1.71 bits per heavy atom. The molecule has 0 fully saturated rings. The normalized spacial score (nSPS) is 14.3. The number of esters is 1. The standard InChI is InChI=1S/C31H41N3O8/c1-18(31(38)32-15-9-7-8-10-27(37)40-4)33-24-14-12-21-22(17-25(24)36)23(34-19(2)35)13-11-20-16-26(39-3)29(41-5)30(42-6)28(20)21/h12,14,16-18,23H,7-11,13,15H2,1-6H3,(H,32,38)(H,33,36)(H,34,35)/t18-,23-/m1/s1. The number of anilines is 1. The van der Waals surface area contributed by atoms with E-state index in [0.29, 0.717) is 60.6 Å². The first kappa shape index (κ1) is 32.2. The predicted molar refractivity (Wildman–Crippen MR) is 159 cm³/mol. The molecule has 0 heterocycles. The molecule has 42 heavy (non-hydrogen) atoms. The van der Waals surface area contributed by atoms with Gasteiger partial charge in [-0.25, -0.2) is 0 Å². The molecule has 2 aromatic rings. The molecule has 3 rings (SSSR count). The summed E-state index contributed by atoms with van der Waals surface area (Å²) in [6, 6.07) is 5.73. The van der Waals surface area contributed by atoms with Gasteiger partial charge in [0.2, 0.25) is 23.0 Å². The molecule has 228 valence electrons. The number of nitrogens with one attached hydrogen (secondary N) is 3. The van der Waals surface area contributed by atoms with Crippen molar-refractivity contribution in [3.05, 3.63) is 45.6 Å². The van der Waals surface area contributed by atoms with E-state index in [4.69, 9.17) is 14.2 Å². The van der Waals surface area contributed by atoms with Crippen molar-refractivity contribution in [2.24, 2.45) is 0 Å². The molecule has 0 spiro atoms. The number of amides is 2. The van der Waals surface area contributed by atoms with E-state index < -0.39 is 12.1 Å². The van der Waals surface area contributed by atoms with E-state index in [1.165, 1.54) is 27.2 Å². The molecule has 0 saturated carbocycles. The zero-order chi connectivity index (χ0) is 30.8. The Bertz CT molecular complexity index is 1360. The van der Waals surface area contributed by atoms with Crippen molar-refractivity contribution in [1.82, 2.24) is 10.6 Å². The van der Waals surface area contributed by atoms with Gasteiger partial charge in [0, 0.05) is 25.5 Å². The van der Waals surface area contributed by atoms with E-state index in [2.05, 4.69) is 20.7 Å². The van der Waals surface area contributed by atoms with Crippen molar-refractivity contribution in [2.75, 3.05) is 40.3 Å². The second-order valence-corrected chi connectivity index (χ2v) is 10.1. The van der Waals surface area contributed by atoms with Gasteiger partial charge >= 0.3 is 5.97 Å². The lowest BCUT2D eigenvalue weighted by atomic mass is 9.95. The van der Waals surface area contributed by atoms with Crippen LogP contribution in [0.2, 0.25) is 0 Å². The highest BCUT2D eigenvalue weighted by Gasteiger charge is 2.29. The Labute approximate surface area is 246 Å². The van der Waals surface area contributed by atoms with Gasteiger partial charge < -0.3 is 34.9 Å². The fourth-order valence-electron chi connectivity index (χ4n) is 5.16. The van der Waals surface area contributed by atoms with Crippen LogP contribution in [0, 0.1) is 0 Å². The number of methoxy groups -OCH3 is 4. The van der Waals surface area contributed by atoms with Crippen molar-refractivity contribution in [2.45, 2.75) is 64.5 Å². The number of hydrogen-bond acceptors (Lipinski definition) is 9. The monoisotopic (exact) mass is 583 g/mol. The van der Waals surface area contributed by atoms with Gasteiger partial charge in [0.1, 0.15) is 6.04 Å². The van der Waals surface area contributed by atoms with Crippen LogP contribution in [0.25, 0.3) is 11.1 Å². The van der Waals surface area contributed by atoms with Gasteiger partial charge in [0.15, 0.2) is 11.5 Å². The molecular weight excluding hydrogens is 542 g/mol. The lowest BCUT2D eigenvalue weighted by Gasteiger charge is -2.19. The van der Waals surface area contributed by atoms with Crippen LogP contribution >= 0.6 is 0 Å². The highest BCUT2D eigenvalue weighted by Crippen LogP contribution is 2.50. The van der Waals surface area contributed by atoms with Crippen LogP contribution in [-0.4, -0.2) is 58.8 Å². The number of carbonyl (C=O) groups is 3. The van der Waals surface area contributed by atoms with Crippen LogP contribution in [0.3, 0.4) is 0 Å². The maximum Gasteiger partial charge on any atom is 0.305 e. The van der Waals surface area contributed by atoms with E-state index >= 15 is 0 Å². The van der Waals surface area contributed by atoms with Crippen LogP contribution in [0.5, 0.6) is 17.2 Å². The summed E-state index contributed by atoms with van der Waals surface area (Å²) in [6.45, 7) is 3.57. The smallest absolute Gasteiger partial charge is 0.305 e. The average Bonchev–Trinajstić information content (AvgIpc) is 3.21. The zero-order valence-corrected chi connectivity index (χ0v) is 25.2. The van der Waals surface area contributed by atoms with Crippen molar-refractivity contribution >= 4 is 23.5 Å². The van der Waals surface area contributed by atoms with Crippen molar-refractivity contribution in [1.29, 1.82) is 0 Å². The Balaban J connectivity index is 1.93. The third kappa shape index (κ3) is 7.71. The topological polar surface area (TPSA) is 141 Å². The fourth-order valence-corrected chi connectivity index (χ4v) is 5.16. The van der Waals surface area contributed by atoms with Gasteiger partial charge in [-0.1, -0.05) is 12.5 Å².